The number of hydrogen-bond donors (Lipinski definition) is 1. The molecule has 0 radical (unpaired) electrons. The molecule has 2 N–H and O–H groups in total. The second-order valence-electron chi connectivity index (χ2n) is 5.42. The molecular formula is C14H15N3O. The van der Waals surface area contributed by atoms with Crippen molar-refractivity contribution in [3.05, 3.63) is 47.1 Å². The molecule has 4 nitrogen and oxygen atoms in total. The zero-order chi connectivity index (χ0) is 12.2. The van der Waals surface area contributed by atoms with Gasteiger partial charge in [-0.3, -0.25) is 0 Å². The minimum absolute atomic E-state index is 0.270. The molecule has 2 aromatic rings. The summed E-state index contributed by atoms with van der Waals surface area (Å²) in [5, 5.41) is 4.07. The smallest absolute Gasteiger partial charge is 0.234 e. The zero-order valence-corrected chi connectivity index (χ0v) is 10.1. The highest BCUT2D eigenvalue weighted by atomic mass is 16.5. The second-order valence-corrected chi connectivity index (χ2v) is 5.42. The Morgan fingerprint density at radius 2 is 2.11 bits per heavy atom. The van der Waals surface area contributed by atoms with E-state index in [0.717, 1.165) is 31.6 Å². The van der Waals surface area contributed by atoms with E-state index in [1.54, 1.807) is 0 Å². The summed E-state index contributed by atoms with van der Waals surface area (Å²) < 4.78 is 5.41. The minimum Gasteiger partial charge on any atom is -0.339 e. The molecule has 0 amide bonds. The van der Waals surface area contributed by atoms with Crippen LogP contribution in [0.2, 0.25) is 0 Å². The van der Waals surface area contributed by atoms with Gasteiger partial charge in [0.25, 0.3) is 0 Å². The largest absolute Gasteiger partial charge is 0.339 e. The van der Waals surface area contributed by atoms with Crippen molar-refractivity contribution in [1.82, 2.24) is 10.1 Å². The van der Waals surface area contributed by atoms with Crippen LogP contribution in [0, 0.1) is 0 Å². The highest BCUT2D eigenvalue weighted by Gasteiger charge is 2.40. The average molecular weight is 241 g/mol. The normalized spacial score (nSPS) is 23.9. The number of benzene rings is 1. The number of aromatic nitrogens is 2. The van der Waals surface area contributed by atoms with Gasteiger partial charge in [0.1, 0.15) is 0 Å². The molecular weight excluding hydrogens is 226 g/mol. The molecule has 1 atom stereocenters. The summed E-state index contributed by atoms with van der Waals surface area (Å²) in [5.41, 5.74) is 8.57. The molecule has 2 aliphatic rings. The van der Waals surface area contributed by atoms with Crippen LogP contribution in [0.4, 0.5) is 0 Å². The van der Waals surface area contributed by atoms with E-state index in [1.165, 1.54) is 11.1 Å². The van der Waals surface area contributed by atoms with Crippen molar-refractivity contribution in [3.8, 4) is 0 Å². The van der Waals surface area contributed by atoms with Crippen LogP contribution in [0.1, 0.15) is 48.0 Å². The third kappa shape index (κ3) is 1.29. The number of fused-ring (bicyclic) bond motifs is 1. The quantitative estimate of drug-likeness (QED) is 0.874. The maximum Gasteiger partial charge on any atom is 0.234 e. The maximum atomic E-state index is 6.21. The molecule has 0 aliphatic heterocycles. The van der Waals surface area contributed by atoms with Gasteiger partial charge in [-0.05, 0) is 36.8 Å². The lowest BCUT2D eigenvalue weighted by Crippen LogP contribution is -2.44. The number of hydrogen-bond acceptors (Lipinski definition) is 4. The number of nitrogens with two attached hydrogens (primary N) is 1. The van der Waals surface area contributed by atoms with Crippen molar-refractivity contribution < 1.29 is 4.52 Å². The molecule has 1 unspecified atom stereocenters. The molecule has 1 fully saturated rings. The monoisotopic (exact) mass is 241 g/mol. The molecule has 0 bridgehead atoms. The van der Waals surface area contributed by atoms with Crippen LogP contribution in [-0.4, -0.2) is 10.1 Å². The standard InChI is InChI=1S/C14H15N3O/c15-14(6-3-7-14)13-16-12(18-17-13)11-8-9-4-1-2-5-10(9)11/h1-2,4-5,11H,3,6-8,15H2. The summed E-state index contributed by atoms with van der Waals surface area (Å²) in [4.78, 5) is 4.52. The predicted octanol–water partition coefficient (Wildman–Crippen LogP) is 2.10. The summed E-state index contributed by atoms with van der Waals surface area (Å²) in [6, 6.07) is 8.41. The molecule has 1 heterocycles. The average Bonchev–Trinajstić information content (AvgIpc) is 2.77. The topological polar surface area (TPSA) is 64.9 Å². The van der Waals surface area contributed by atoms with Crippen LogP contribution in [0.15, 0.2) is 28.8 Å². The third-order valence-electron chi connectivity index (χ3n) is 4.29. The Morgan fingerprint density at radius 3 is 2.83 bits per heavy atom. The van der Waals surface area contributed by atoms with Crippen molar-refractivity contribution in [2.24, 2.45) is 5.73 Å². The fourth-order valence-electron chi connectivity index (χ4n) is 2.84. The highest BCUT2D eigenvalue weighted by molar-refractivity contribution is 5.43. The molecule has 2 aliphatic carbocycles. The van der Waals surface area contributed by atoms with Gasteiger partial charge in [-0.25, -0.2) is 0 Å². The van der Waals surface area contributed by atoms with Gasteiger partial charge in [0.05, 0.1) is 11.5 Å². The molecule has 1 aromatic heterocycles. The Kier molecular flexibility index (Phi) is 1.95. The Morgan fingerprint density at radius 1 is 1.28 bits per heavy atom. The van der Waals surface area contributed by atoms with Crippen LogP contribution in [0.5, 0.6) is 0 Å². The van der Waals surface area contributed by atoms with Crippen LogP contribution < -0.4 is 5.73 Å². The molecule has 0 saturated heterocycles. The van der Waals surface area contributed by atoms with E-state index in [0.29, 0.717) is 5.82 Å². The lowest BCUT2D eigenvalue weighted by molar-refractivity contribution is 0.228. The number of rotatable bonds is 2. The predicted molar refractivity (Wildman–Crippen MR) is 66.0 cm³/mol. The van der Waals surface area contributed by atoms with Crippen LogP contribution in [0.25, 0.3) is 0 Å². The summed E-state index contributed by atoms with van der Waals surface area (Å²) in [6.45, 7) is 0. The Balaban J connectivity index is 1.64. The first kappa shape index (κ1) is 10.3. The van der Waals surface area contributed by atoms with Crippen LogP contribution in [0.3, 0.4) is 0 Å². The number of nitrogens with zero attached hydrogens (tertiary/aromatic N) is 2. The maximum absolute atomic E-state index is 6.21. The summed E-state index contributed by atoms with van der Waals surface area (Å²) >= 11 is 0. The van der Waals surface area contributed by atoms with Gasteiger partial charge < -0.3 is 10.3 Å². The Bertz CT molecular complexity index is 601. The fourth-order valence-corrected chi connectivity index (χ4v) is 2.84. The first-order chi connectivity index (χ1) is 8.76. The lowest BCUT2D eigenvalue weighted by atomic mass is 9.76. The molecule has 1 aromatic carbocycles. The van der Waals surface area contributed by atoms with Crippen molar-refractivity contribution in [3.63, 3.8) is 0 Å². The van der Waals surface area contributed by atoms with Gasteiger partial charge in [0.2, 0.25) is 5.89 Å². The van der Waals surface area contributed by atoms with E-state index in [4.69, 9.17) is 10.3 Å². The Hall–Kier alpha value is -1.68. The SMILES string of the molecule is NC1(c2noc(C3Cc4ccccc43)n2)CCC1. The van der Waals surface area contributed by atoms with Crippen molar-refractivity contribution >= 4 is 0 Å². The van der Waals surface area contributed by atoms with Crippen molar-refractivity contribution in [2.45, 2.75) is 37.1 Å². The van der Waals surface area contributed by atoms with E-state index in [-0.39, 0.29) is 11.5 Å². The van der Waals surface area contributed by atoms with Gasteiger partial charge in [0, 0.05) is 0 Å². The molecule has 92 valence electrons. The molecule has 1 saturated carbocycles. The van der Waals surface area contributed by atoms with E-state index in [9.17, 15) is 0 Å². The molecule has 0 spiro atoms. The van der Waals surface area contributed by atoms with Crippen LogP contribution in [-0.2, 0) is 12.0 Å². The lowest BCUT2D eigenvalue weighted by Gasteiger charge is -2.34. The third-order valence-corrected chi connectivity index (χ3v) is 4.29. The highest BCUT2D eigenvalue weighted by Crippen LogP contribution is 2.41. The first-order valence-electron chi connectivity index (χ1n) is 6.47. The van der Waals surface area contributed by atoms with Gasteiger partial charge in [0.15, 0.2) is 5.82 Å². The molecule has 18 heavy (non-hydrogen) atoms. The van der Waals surface area contributed by atoms with E-state index in [2.05, 4.69) is 34.4 Å². The van der Waals surface area contributed by atoms with Gasteiger partial charge in [-0.2, -0.15) is 4.98 Å². The van der Waals surface area contributed by atoms with Crippen molar-refractivity contribution in [1.29, 1.82) is 0 Å². The first-order valence-corrected chi connectivity index (χ1v) is 6.47. The van der Waals surface area contributed by atoms with Gasteiger partial charge >= 0.3 is 0 Å². The molecule has 4 rings (SSSR count). The summed E-state index contributed by atoms with van der Waals surface area (Å²) in [7, 11) is 0. The summed E-state index contributed by atoms with van der Waals surface area (Å²) in [5.74, 6) is 1.68. The second kappa shape index (κ2) is 3.42. The van der Waals surface area contributed by atoms with Gasteiger partial charge in [-0.1, -0.05) is 29.4 Å². The molecule has 4 heteroatoms. The van der Waals surface area contributed by atoms with E-state index < -0.39 is 0 Å². The van der Waals surface area contributed by atoms with Crippen molar-refractivity contribution in [2.75, 3.05) is 0 Å². The summed E-state index contributed by atoms with van der Waals surface area (Å²) in [6.07, 6.45) is 4.09. The zero-order valence-electron chi connectivity index (χ0n) is 10.1. The Labute approximate surface area is 105 Å². The van der Waals surface area contributed by atoms with Crippen LogP contribution >= 0.6 is 0 Å². The van der Waals surface area contributed by atoms with E-state index >= 15 is 0 Å². The van der Waals surface area contributed by atoms with Gasteiger partial charge in [-0.15, -0.1) is 0 Å². The fraction of sp³-hybridized carbons (Fsp3) is 0.429. The minimum atomic E-state index is -0.328. The van der Waals surface area contributed by atoms with E-state index in [1.807, 2.05) is 0 Å².